The lowest BCUT2D eigenvalue weighted by Gasteiger charge is -2.12. The number of anilines is 1. The van der Waals surface area contributed by atoms with Crippen LogP contribution in [0.2, 0.25) is 0 Å². The van der Waals surface area contributed by atoms with Crippen LogP contribution in [0.15, 0.2) is 10.4 Å². The summed E-state index contributed by atoms with van der Waals surface area (Å²) in [6, 6.07) is 0. The van der Waals surface area contributed by atoms with Gasteiger partial charge in [0.25, 0.3) is 0 Å². The van der Waals surface area contributed by atoms with Crippen LogP contribution < -0.4 is 15.5 Å². The first-order chi connectivity index (χ1) is 11.7. The maximum Gasteiger partial charge on any atom is 0.191 e. The van der Waals surface area contributed by atoms with Crippen LogP contribution in [-0.2, 0) is 16.0 Å². The number of guanidine groups is 1. The molecule has 0 radical (unpaired) electrons. The molecule has 25 heavy (non-hydrogen) atoms. The number of ether oxygens (including phenoxy) is 2. The van der Waals surface area contributed by atoms with E-state index in [0.29, 0.717) is 19.3 Å². The molecule has 1 aliphatic rings. The van der Waals surface area contributed by atoms with E-state index in [1.54, 1.807) is 18.4 Å². The Morgan fingerprint density at radius 3 is 2.96 bits per heavy atom. The van der Waals surface area contributed by atoms with Crippen molar-refractivity contribution in [2.75, 3.05) is 52.4 Å². The van der Waals surface area contributed by atoms with Gasteiger partial charge in [0, 0.05) is 46.3 Å². The third-order valence-corrected chi connectivity index (χ3v) is 4.73. The van der Waals surface area contributed by atoms with E-state index in [-0.39, 0.29) is 24.0 Å². The first-order valence-electron chi connectivity index (χ1n) is 8.44. The van der Waals surface area contributed by atoms with Gasteiger partial charge in [-0.3, -0.25) is 4.99 Å². The van der Waals surface area contributed by atoms with Crippen molar-refractivity contribution in [3.63, 3.8) is 0 Å². The number of nitrogens with one attached hydrogen (secondary N) is 2. The van der Waals surface area contributed by atoms with Gasteiger partial charge in [0.05, 0.1) is 24.9 Å². The van der Waals surface area contributed by atoms with E-state index in [4.69, 9.17) is 9.47 Å². The number of aromatic nitrogens is 1. The number of thiazole rings is 1. The first-order valence-corrected chi connectivity index (χ1v) is 9.32. The monoisotopic (exact) mass is 483 g/mol. The van der Waals surface area contributed by atoms with Crippen LogP contribution >= 0.6 is 35.3 Å². The molecular weight excluding hydrogens is 453 g/mol. The largest absolute Gasteiger partial charge is 0.379 e. The summed E-state index contributed by atoms with van der Waals surface area (Å²) in [7, 11) is 5.77. The minimum absolute atomic E-state index is 0. The van der Waals surface area contributed by atoms with Crippen LogP contribution in [0.5, 0.6) is 0 Å². The molecule has 1 aromatic heterocycles. The van der Waals surface area contributed by atoms with Gasteiger partial charge in [-0.15, -0.1) is 35.3 Å². The molecule has 1 saturated heterocycles. The molecule has 9 heteroatoms. The normalized spacial score (nSPS) is 17.2. The molecule has 2 heterocycles. The Kier molecular flexibility index (Phi) is 11.3. The van der Waals surface area contributed by atoms with Crippen molar-refractivity contribution in [1.82, 2.24) is 15.6 Å². The third kappa shape index (κ3) is 8.52. The number of hydrogen-bond acceptors (Lipinski definition) is 6. The molecule has 0 bridgehead atoms. The van der Waals surface area contributed by atoms with E-state index >= 15 is 0 Å². The smallest absolute Gasteiger partial charge is 0.191 e. The third-order valence-electron chi connectivity index (χ3n) is 3.67. The van der Waals surface area contributed by atoms with E-state index in [0.717, 1.165) is 55.8 Å². The van der Waals surface area contributed by atoms with Crippen molar-refractivity contribution in [2.45, 2.75) is 31.9 Å². The van der Waals surface area contributed by atoms with Crippen LogP contribution in [0.1, 0.15) is 25.0 Å². The second-order valence-electron chi connectivity index (χ2n) is 5.93. The first kappa shape index (κ1) is 22.4. The molecule has 1 unspecified atom stereocenters. The van der Waals surface area contributed by atoms with E-state index in [9.17, 15) is 0 Å². The van der Waals surface area contributed by atoms with Gasteiger partial charge in [0.2, 0.25) is 0 Å². The summed E-state index contributed by atoms with van der Waals surface area (Å²) >= 11 is 1.64. The second-order valence-corrected chi connectivity index (χ2v) is 6.77. The number of rotatable bonds is 9. The van der Waals surface area contributed by atoms with Gasteiger partial charge in [0.1, 0.15) is 0 Å². The van der Waals surface area contributed by atoms with Crippen molar-refractivity contribution in [2.24, 2.45) is 4.99 Å². The number of aliphatic imine (C=N–C) groups is 1. The molecule has 0 saturated carbocycles. The van der Waals surface area contributed by atoms with Crippen LogP contribution in [0.25, 0.3) is 0 Å². The molecule has 1 aromatic rings. The van der Waals surface area contributed by atoms with Gasteiger partial charge in [-0.1, -0.05) is 0 Å². The van der Waals surface area contributed by atoms with Gasteiger partial charge in [-0.25, -0.2) is 4.98 Å². The average molecular weight is 483 g/mol. The number of hydrogen-bond donors (Lipinski definition) is 2. The topological polar surface area (TPSA) is 71.0 Å². The van der Waals surface area contributed by atoms with Gasteiger partial charge in [-0.2, -0.15) is 0 Å². The van der Waals surface area contributed by atoms with Gasteiger partial charge < -0.3 is 25.0 Å². The van der Waals surface area contributed by atoms with E-state index < -0.39 is 0 Å². The Morgan fingerprint density at radius 2 is 2.32 bits per heavy atom. The molecule has 2 N–H and O–H groups in total. The molecule has 0 aromatic carbocycles. The lowest BCUT2D eigenvalue weighted by atomic mass is 10.2. The zero-order chi connectivity index (χ0) is 17.2. The van der Waals surface area contributed by atoms with Gasteiger partial charge in [0.15, 0.2) is 11.1 Å². The van der Waals surface area contributed by atoms with Crippen molar-refractivity contribution in [3.05, 3.63) is 11.1 Å². The fourth-order valence-corrected chi connectivity index (χ4v) is 3.11. The summed E-state index contributed by atoms with van der Waals surface area (Å²) in [4.78, 5) is 10.8. The highest BCUT2D eigenvalue weighted by Crippen LogP contribution is 2.17. The highest BCUT2D eigenvalue weighted by Gasteiger charge is 2.14. The van der Waals surface area contributed by atoms with Crippen LogP contribution in [0, 0.1) is 0 Å². The van der Waals surface area contributed by atoms with Crippen molar-refractivity contribution >= 4 is 46.4 Å². The number of nitrogens with zero attached hydrogens (tertiary/aromatic N) is 3. The van der Waals surface area contributed by atoms with Crippen LogP contribution in [0.3, 0.4) is 0 Å². The molecule has 2 rings (SSSR count). The zero-order valence-electron chi connectivity index (χ0n) is 15.3. The SMILES string of the molecule is CN=C(NCCCOCC1CCCO1)NCc1csc(N(C)C)n1.I. The Labute approximate surface area is 171 Å². The highest BCUT2D eigenvalue weighted by molar-refractivity contribution is 14.0. The lowest BCUT2D eigenvalue weighted by molar-refractivity contribution is 0.0168. The Balaban J connectivity index is 0.00000312. The number of halogens is 1. The molecule has 1 fully saturated rings. The summed E-state index contributed by atoms with van der Waals surface area (Å²) in [5, 5.41) is 9.64. The molecule has 7 nitrogen and oxygen atoms in total. The molecule has 0 aliphatic carbocycles. The quantitative estimate of drug-likeness (QED) is 0.243. The van der Waals surface area contributed by atoms with Gasteiger partial charge >= 0.3 is 0 Å². The van der Waals surface area contributed by atoms with Crippen LogP contribution in [-0.4, -0.2) is 64.6 Å². The minimum atomic E-state index is 0. The maximum atomic E-state index is 5.65. The standard InChI is InChI=1S/C16H29N5O2S.HI/c1-17-15(19-10-13-12-24-16(20-13)21(2)3)18-7-5-8-22-11-14-6-4-9-23-14;/h12,14H,4-11H2,1-3H3,(H2,17,18,19);1H. The highest BCUT2D eigenvalue weighted by atomic mass is 127. The Hall–Kier alpha value is -0.650. The average Bonchev–Trinajstić information content (AvgIpc) is 3.25. The van der Waals surface area contributed by atoms with E-state index in [1.807, 2.05) is 19.0 Å². The summed E-state index contributed by atoms with van der Waals surface area (Å²) in [5.41, 5.74) is 1.02. The Morgan fingerprint density at radius 1 is 1.48 bits per heavy atom. The molecular formula is C16H30IN5O2S. The minimum Gasteiger partial charge on any atom is -0.379 e. The zero-order valence-corrected chi connectivity index (χ0v) is 18.4. The van der Waals surface area contributed by atoms with E-state index in [1.165, 1.54) is 0 Å². The van der Waals surface area contributed by atoms with Crippen molar-refractivity contribution in [3.8, 4) is 0 Å². The maximum absolute atomic E-state index is 5.65. The fourth-order valence-electron chi connectivity index (χ4n) is 2.35. The predicted molar refractivity (Wildman–Crippen MR) is 114 cm³/mol. The second kappa shape index (κ2) is 12.7. The molecule has 1 atom stereocenters. The van der Waals surface area contributed by atoms with E-state index in [2.05, 4.69) is 26.0 Å². The van der Waals surface area contributed by atoms with Crippen molar-refractivity contribution < 1.29 is 9.47 Å². The lowest BCUT2D eigenvalue weighted by Crippen LogP contribution is -2.37. The summed E-state index contributed by atoms with van der Waals surface area (Å²) in [6.07, 6.45) is 3.53. The van der Waals surface area contributed by atoms with Crippen LogP contribution in [0.4, 0.5) is 5.13 Å². The summed E-state index contributed by atoms with van der Waals surface area (Å²) in [6.45, 7) is 3.82. The Bertz CT molecular complexity index is 506. The molecule has 0 amide bonds. The van der Waals surface area contributed by atoms with Crippen molar-refractivity contribution in [1.29, 1.82) is 0 Å². The van der Waals surface area contributed by atoms with Gasteiger partial charge in [-0.05, 0) is 19.3 Å². The predicted octanol–water partition coefficient (Wildman–Crippen LogP) is 2.08. The molecule has 1 aliphatic heterocycles. The summed E-state index contributed by atoms with van der Waals surface area (Å²) in [5.74, 6) is 0.786. The fraction of sp³-hybridized carbons (Fsp3) is 0.750. The summed E-state index contributed by atoms with van der Waals surface area (Å²) < 4.78 is 11.2. The molecule has 0 spiro atoms. The molecule has 144 valence electrons.